The Kier molecular flexibility index (Phi) is 3.52. The second kappa shape index (κ2) is 5.16. The Morgan fingerprint density at radius 1 is 1.42 bits per heavy atom. The summed E-state index contributed by atoms with van der Waals surface area (Å²) in [5.74, 6) is 1.91. The molecule has 3 heterocycles. The van der Waals surface area contributed by atoms with Crippen LogP contribution in [0.3, 0.4) is 0 Å². The van der Waals surface area contributed by atoms with Crippen LogP contribution < -0.4 is 5.32 Å². The molecule has 3 nitrogen and oxygen atoms in total. The van der Waals surface area contributed by atoms with Gasteiger partial charge in [-0.15, -0.1) is 11.3 Å². The average Bonchev–Trinajstić information content (AvgIpc) is 2.97. The van der Waals surface area contributed by atoms with E-state index in [1.54, 1.807) is 0 Å². The van der Waals surface area contributed by atoms with Crippen LogP contribution in [0.15, 0.2) is 17.1 Å². The molecule has 1 aromatic rings. The second-order valence-corrected chi connectivity index (χ2v) is 7.29. The lowest BCUT2D eigenvalue weighted by Gasteiger charge is -2.36. The van der Waals surface area contributed by atoms with Crippen molar-refractivity contribution in [3.63, 3.8) is 0 Å². The number of aliphatic imine (C=N–C) groups is 1. The normalized spacial score (nSPS) is 27.9. The molecule has 1 aromatic heterocycles. The highest BCUT2D eigenvalue weighted by Gasteiger charge is 2.33. The van der Waals surface area contributed by atoms with Gasteiger partial charge >= 0.3 is 0 Å². The molecular weight excluding hydrogens is 254 g/mol. The van der Waals surface area contributed by atoms with Crippen LogP contribution in [-0.4, -0.2) is 30.0 Å². The van der Waals surface area contributed by atoms with Crippen LogP contribution in [0.5, 0.6) is 0 Å². The fourth-order valence-corrected chi connectivity index (χ4v) is 3.90. The molecule has 1 saturated heterocycles. The number of hydrogen-bond donors (Lipinski definition) is 1. The first-order valence-electron chi connectivity index (χ1n) is 7.27. The topological polar surface area (TPSA) is 27.6 Å². The van der Waals surface area contributed by atoms with E-state index in [-0.39, 0.29) is 0 Å². The first-order valence-corrected chi connectivity index (χ1v) is 8.09. The molecule has 0 radical (unpaired) electrons. The molecule has 0 spiro atoms. The molecular formula is C15H23N3S. The molecule has 1 N–H and O–H groups in total. The van der Waals surface area contributed by atoms with Crippen LogP contribution in [0.25, 0.3) is 0 Å². The van der Waals surface area contributed by atoms with E-state index in [2.05, 4.69) is 43.1 Å². The molecule has 19 heavy (non-hydrogen) atoms. The number of guanidine groups is 1. The summed E-state index contributed by atoms with van der Waals surface area (Å²) in [6.45, 7) is 8.88. The average molecular weight is 277 g/mol. The van der Waals surface area contributed by atoms with Crippen molar-refractivity contribution in [2.75, 3.05) is 13.1 Å². The molecule has 4 heteroatoms. The monoisotopic (exact) mass is 277 g/mol. The van der Waals surface area contributed by atoms with E-state index in [0.29, 0.717) is 12.1 Å². The van der Waals surface area contributed by atoms with E-state index in [0.717, 1.165) is 25.0 Å². The summed E-state index contributed by atoms with van der Waals surface area (Å²) in [7, 11) is 0. The number of piperidine rings is 1. The largest absolute Gasteiger partial charge is 0.349 e. The maximum absolute atomic E-state index is 4.72. The molecule has 3 atom stereocenters. The van der Waals surface area contributed by atoms with Crippen molar-refractivity contribution in [1.29, 1.82) is 0 Å². The fourth-order valence-electron chi connectivity index (χ4n) is 3.02. The van der Waals surface area contributed by atoms with E-state index in [1.807, 2.05) is 11.3 Å². The summed E-state index contributed by atoms with van der Waals surface area (Å²) in [6, 6.07) is 5.42. The zero-order valence-electron chi connectivity index (χ0n) is 12.0. The van der Waals surface area contributed by atoms with Gasteiger partial charge in [0, 0.05) is 16.3 Å². The van der Waals surface area contributed by atoms with E-state index < -0.39 is 0 Å². The van der Waals surface area contributed by atoms with E-state index in [1.165, 1.54) is 22.6 Å². The molecule has 2 aliphatic heterocycles. The first-order chi connectivity index (χ1) is 9.13. The van der Waals surface area contributed by atoms with Gasteiger partial charge in [0.25, 0.3) is 0 Å². The van der Waals surface area contributed by atoms with Gasteiger partial charge in [-0.2, -0.15) is 0 Å². The van der Waals surface area contributed by atoms with Gasteiger partial charge in [0.15, 0.2) is 5.96 Å². The van der Waals surface area contributed by atoms with E-state index in [9.17, 15) is 0 Å². The number of fused-ring (bicyclic) bond motifs is 1. The minimum Gasteiger partial charge on any atom is -0.349 e. The standard InChI is InChI=1S/C15H23N3S/c1-10-4-6-13-8-16-15(18(13)9-10)17-12(3)14-7-5-11(2)19-14/h5,7,10,12-13H,4,6,8-9H2,1-3H3,(H,16,17). The zero-order valence-corrected chi connectivity index (χ0v) is 12.8. The lowest BCUT2D eigenvalue weighted by molar-refractivity contribution is 0.210. The van der Waals surface area contributed by atoms with Gasteiger partial charge in [-0.3, -0.25) is 4.99 Å². The SMILES string of the molecule is Cc1ccc(C(C)NC2=NCC3CCC(C)CN23)s1. The van der Waals surface area contributed by atoms with Gasteiger partial charge in [-0.05, 0) is 44.7 Å². The highest BCUT2D eigenvalue weighted by molar-refractivity contribution is 7.12. The highest BCUT2D eigenvalue weighted by atomic mass is 32.1. The molecule has 0 amide bonds. The van der Waals surface area contributed by atoms with Crippen molar-refractivity contribution in [2.45, 2.75) is 45.7 Å². The van der Waals surface area contributed by atoms with E-state index >= 15 is 0 Å². The van der Waals surface area contributed by atoms with Gasteiger partial charge in [0.1, 0.15) is 0 Å². The van der Waals surface area contributed by atoms with Crippen LogP contribution in [0, 0.1) is 12.8 Å². The third-order valence-electron chi connectivity index (χ3n) is 4.20. The summed E-state index contributed by atoms with van der Waals surface area (Å²) in [5, 5.41) is 3.61. The number of rotatable bonds is 2. The number of thiophene rings is 1. The molecule has 104 valence electrons. The van der Waals surface area contributed by atoms with Gasteiger partial charge in [0.05, 0.1) is 18.6 Å². The van der Waals surface area contributed by atoms with Crippen molar-refractivity contribution in [2.24, 2.45) is 10.9 Å². The molecule has 3 rings (SSSR count). The third kappa shape index (κ3) is 2.64. The van der Waals surface area contributed by atoms with Crippen molar-refractivity contribution < 1.29 is 0 Å². The van der Waals surface area contributed by atoms with Crippen LogP contribution >= 0.6 is 11.3 Å². The summed E-state index contributed by atoms with van der Waals surface area (Å²) in [6.07, 6.45) is 2.64. The van der Waals surface area contributed by atoms with Crippen molar-refractivity contribution in [1.82, 2.24) is 10.2 Å². The molecule has 0 aliphatic carbocycles. The smallest absolute Gasteiger partial charge is 0.194 e. The summed E-state index contributed by atoms with van der Waals surface area (Å²) in [5.41, 5.74) is 0. The van der Waals surface area contributed by atoms with Crippen LogP contribution in [0.2, 0.25) is 0 Å². The van der Waals surface area contributed by atoms with Crippen LogP contribution in [0.1, 0.15) is 42.5 Å². The molecule has 2 aliphatic rings. The number of nitrogens with one attached hydrogen (secondary N) is 1. The van der Waals surface area contributed by atoms with Gasteiger partial charge < -0.3 is 10.2 Å². The molecule has 1 fully saturated rings. The Balaban J connectivity index is 1.66. The number of aryl methyl sites for hydroxylation is 1. The highest BCUT2D eigenvalue weighted by Crippen LogP contribution is 2.27. The maximum atomic E-state index is 4.72. The lowest BCUT2D eigenvalue weighted by Crippen LogP contribution is -2.48. The fraction of sp³-hybridized carbons (Fsp3) is 0.667. The number of nitrogens with zero attached hydrogens (tertiary/aromatic N) is 2. The minimum atomic E-state index is 0.355. The van der Waals surface area contributed by atoms with E-state index in [4.69, 9.17) is 4.99 Å². The van der Waals surface area contributed by atoms with Crippen molar-refractivity contribution in [3.8, 4) is 0 Å². The Bertz CT molecular complexity index is 479. The van der Waals surface area contributed by atoms with Gasteiger partial charge in [0.2, 0.25) is 0 Å². The van der Waals surface area contributed by atoms with Gasteiger partial charge in [-0.25, -0.2) is 0 Å². The minimum absolute atomic E-state index is 0.355. The maximum Gasteiger partial charge on any atom is 0.194 e. The molecule has 3 unspecified atom stereocenters. The molecule has 0 bridgehead atoms. The summed E-state index contributed by atoms with van der Waals surface area (Å²) >= 11 is 1.87. The number of hydrogen-bond acceptors (Lipinski definition) is 4. The lowest BCUT2D eigenvalue weighted by atomic mass is 9.95. The van der Waals surface area contributed by atoms with Crippen molar-refractivity contribution in [3.05, 3.63) is 21.9 Å². The zero-order chi connectivity index (χ0) is 13.4. The summed E-state index contributed by atoms with van der Waals surface area (Å²) < 4.78 is 0. The summed E-state index contributed by atoms with van der Waals surface area (Å²) in [4.78, 5) is 9.99. The van der Waals surface area contributed by atoms with Crippen LogP contribution in [-0.2, 0) is 0 Å². The van der Waals surface area contributed by atoms with Crippen LogP contribution in [0.4, 0.5) is 0 Å². The molecule has 0 saturated carbocycles. The van der Waals surface area contributed by atoms with Gasteiger partial charge in [-0.1, -0.05) is 6.92 Å². The quantitative estimate of drug-likeness (QED) is 0.899. The first kappa shape index (κ1) is 13.0. The third-order valence-corrected chi connectivity index (χ3v) is 5.38. The Labute approximate surface area is 119 Å². The predicted octanol–water partition coefficient (Wildman–Crippen LogP) is 3.18. The van der Waals surface area contributed by atoms with Crippen molar-refractivity contribution >= 4 is 17.3 Å². The predicted molar refractivity (Wildman–Crippen MR) is 81.8 cm³/mol. The molecule has 0 aromatic carbocycles. The Morgan fingerprint density at radius 2 is 2.26 bits per heavy atom. The second-order valence-electron chi connectivity index (χ2n) is 5.97. The Morgan fingerprint density at radius 3 is 3.00 bits per heavy atom. The Hall–Kier alpha value is -1.03.